The molecule has 182 valence electrons. The Kier molecular flexibility index (Phi) is 7.85. The predicted molar refractivity (Wildman–Crippen MR) is 121 cm³/mol. The molecule has 0 spiro atoms. The molecule has 2 aromatic heterocycles. The second kappa shape index (κ2) is 10.6. The number of carbonyl (C=O) groups excluding carboxylic acids is 1. The lowest BCUT2D eigenvalue weighted by Crippen LogP contribution is -2.47. The molecule has 1 fully saturated rings. The predicted octanol–water partition coefficient (Wildman–Crippen LogP) is 3.88. The highest BCUT2D eigenvalue weighted by atomic mass is 19.4. The van der Waals surface area contributed by atoms with Crippen LogP contribution < -0.4 is 4.74 Å². The number of ether oxygens (including phenoxy) is 1. The number of alkyl halides is 3. The minimum Gasteiger partial charge on any atom is -0.472 e. The number of amides is 1. The number of likely N-dealkylation sites (tertiary alicyclic amines) is 1. The van der Waals surface area contributed by atoms with Crippen molar-refractivity contribution in [2.24, 2.45) is 10.9 Å². The fourth-order valence-electron chi connectivity index (χ4n) is 3.89. The average Bonchev–Trinajstić information content (AvgIpc) is 3.45. The van der Waals surface area contributed by atoms with Gasteiger partial charge in [0, 0.05) is 25.4 Å². The van der Waals surface area contributed by atoms with Gasteiger partial charge in [0.05, 0.1) is 24.0 Å². The third kappa shape index (κ3) is 5.70. The van der Waals surface area contributed by atoms with Gasteiger partial charge in [-0.05, 0) is 38.3 Å². The quantitative estimate of drug-likeness (QED) is 0.426. The van der Waals surface area contributed by atoms with Gasteiger partial charge in [-0.3, -0.25) is 9.79 Å². The molecule has 11 heteroatoms. The van der Waals surface area contributed by atoms with Crippen molar-refractivity contribution in [2.75, 3.05) is 13.1 Å². The number of aliphatic imine (C=N–C) groups is 1. The number of aromatic nitrogens is 4. The zero-order valence-corrected chi connectivity index (χ0v) is 19.2. The summed E-state index contributed by atoms with van der Waals surface area (Å²) in [5.74, 6) is -0.0570. The van der Waals surface area contributed by atoms with Gasteiger partial charge in [-0.25, -0.2) is 4.98 Å². The summed E-state index contributed by atoms with van der Waals surface area (Å²) in [6, 6.07) is 1.77. The van der Waals surface area contributed by atoms with Gasteiger partial charge < -0.3 is 9.64 Å². The Morgan fingerprint density at radius 3 is 2.62 bits per heavy atom. The SMILES string of the molecule is C=C/C=C(\C(=N/CC)C(=O)N1CC(C)CC1C(C)Oc1ccc(C(F)(F)F)cn1)n1nccn1. The topological polar surface area (TPSA) is 85.5 Å². The van der Waals surface area contributed by atoms with Crippen molar-refractivity contribution >= 4 is 17.3 Å². The van der Waals surface area contributed by atoms with Crippen LogP contribution in [0.5, 0.6) is 5.88 Å². The van der Waals surface area contributed by atoms with Crippen LogP contribution in [0.4, 0.5) is 13.2 Å². The molecule has 1 amide bonds. The highest BCUT2D eigenvalue weighted by Crippen LogP contribution is 2.31. The monoisotopic (exact) mass is 476 g/mol. The minimum atomic E-state index is -4.48. The van der Waals surface area contributed by atoms with Crippen LogP contribution in [0.2, 0.25) is 0 Å². The summed E-state index contributed by atoms with van der Waals surface area (Å²) in [7, 11) is 0. The number of rotatable bonds is 8. The lowest BCUT2D eigenvalue weighted by molar-refractivity contribution is -0.138. The summed E-state index contributed by atoms with van der Waals surface area (Å²) in [4.78, 5) is 24.9. The first-order valence-corrected chi connectivity index (χ1v) is 10.9. The lowest BCUT2D eigenvalue weighted by Gasteiger charge is -2.30. The Bertz CT molecular complexity index is 1050. The molecular formula is C23H27F3N6O2. The average molecular weight is 477 g/mol. The highest BCUT2D eigenvalue weighted by Gasteiger charge is 2.40. The van der Waals surface area contributed by atoms with Crippen molar-refractivity contribution < 1.29 is 22.7 Å². The van der Waals surface area contributed by atoms with Crippen LogP contribution in [-0.2, 0) is 11.0 Å². The highest BCUT2D eigenvalue weighted by molar-refractivity contribution is 6.53. The fourth-order valence-corrected chi connectivity index (χ4v) is 3.89. The molecule has 3 atom stereocenters. The van der Waals surface area contributed by atoms with Gasteiger partial charge in [-0.2, -0.15) is 23.4 Å². The fraction of sp³-hybridized carbons (Fsp3) is 0.435. The van der Waals surface area contributed by atoms with E-state index in [0.29, 0.717) is 25.2 Å². The third-order valence-corrected chi connectivity index (χ3v) is 5.40. The van der Waals surface area contributed by atoms with E-state index >= 15 is 0 Å². The van der Waals surface area contributed by atoms with Crippen molar-refractivity contribution in [3.63, 3.8) is 0 Å². The molecule has 1 aliphatic heterocycles. The van der Waals surface area contributed by atoms with E-state index in [1.807, 2.05) is 13.8 Å². The number of hydrogen-bond donors (Lipinski definition) is 0. The molecule has 0 aliphatic carbocycles. The van der Waals surface area contributed by atoms with E-state index in [4.69, 9.17) is 4.74 Å². The second-order valence-electron chi connectivity index (χ2n) is 8.00. The van der Waals surface area contributed by atoms with Crippen LogP contribution in [0.25, 0.3) is 5.70 Å². The van der Waals surface area contributed by atoms with E-state index in [-0.39, 0.29) is 29.5 Å². The number of halogens is 3. The number of pyridine rings is 1. The van der Waals surface area contributed by atoms with Crippen molar-refractivity contribution in [1.82, 2.24) is 24.9 Å². The maximum Gasteiger partial charge on any atom is 0.417 e. The maximum absolute atomic E-state index is 13.7. The number of hydrogen-bond acceptors (Lipinski definition) is 6. The molecule has 0 radical (unpaired) electrons. The molecule has 1 aliphatic rings. The first-order valence-electron chi connectivity index (χ1n) is 10.9. The van der Waals surface area contributed by atoms with Gasteiger partial charge >= 0.3 is 6.18 Å². The summed E-state index contributed by atoms with van der Waals surface area (Å²) in [5.41, 5.74) is -0.270. The third-order valence-electron chi connectivity index (χ3n) is 5.40. The van der Waals surface area contributed by atoms with E-state index in [1.165, 1.54) is 29.3 Å². The molecule has 3 rings (SSSR count). The Morgan fingerprint density at radius 2 is 2.06 bits per heavy atom. The second-order valence-corrected chi connectivity index (χ2v) is 8.00. The lowest BCUT2D eigenvalue weighted by atomic mass is 10.0. The summed E-state index contributed by atoms with van der Waals surface area (Å²) in [6.07, 6.45) is 2.55. The van der Waals surface area contributed by atoms with E-state index in [1.54, 1.807) is 17.9 Å². The molecule has 2 aromatic rings. The standard InChI is InChI=1S/C23H27F3N6O2/c1-5-7-18(32-29-10-11-30-32)21(27-6-2)22(33)31-14-15(3)12-19(31)16(4)34-20-9-8-17(13-28-20)23(24,25)26/h5,7-11,13,15-16,19H,1,6,12,14H2,2-4H3/b18-7+,27-21+. The Balaban J connectivity index is 1.84. The Morgan fingerprint density at radius 1 is 1.35 bits per heavy atom. The van der Waals surface area contributed by atoms with Crippen LogP contribution in [0, 0.1) is 5.92 Å². The largest absolute Gasteiger partial charge is 0.472 e. The van der Waals surface area contributed by atoms with Crippen LogP contribution >= 0.6 is 0 Å². The van der Waals surface area contributed by atoms with Gasteiger partial charge in [0.1, 0.15) is 11.8 Å². The normalized spacial score (nSPS) is 20.4. The van der Waals surface area contributed by atoms with E-state index in [2.05, 4.69) is 26.8 Å². The molecule has 0 aromatic carbocycles. The number of nitrogens with zero attached hydrogens (tertiary/aromatic N) is 6. The van der Waals surface area contributed by atoms with Crippen molar-refractivity contribution in [3.05, 3.63) is 55.0 Å². The van der Waals surface area contributed by atoms with Gasteiger partial charge in [-0.1, -0.05) is 19.6 Å². The summed E-state index contributed by atoms with van der Waals surface area (Å²) >= 11 is 0. The van der Waals surface area contributed by atoms with Crippen molar-refractivity contribution in [1.29, 1.82) is 0 Å². The molecule has 3 heterocycles. The van der Waals surface area contributed by atoms with Gasteiger partial charge in [-0.15, -0.1) is 4.80 Å². The van der Waals surface area contributed by atoms with Gasteiger partial charge in [0.2, 0.25) is 5.88 Å². The smallest absolute Gasteiger partial charge is 0.417 e. The van der Waals surface area contributed by atoms with Gasteiger partial charge in [0.15, 0.2) is 5.71 Å². The Labute approximate surface area is 195 Å². The Hall–Kier alpha value is -3.50. The first kappa shape index (κ1) is 25.1. The van der Waals surface area contributed by atoms with Crippen molar-refractivity contribution in [3.8, 4) is 5.88 Å². The molecular weight excluding hydrogens is 449 g/mol. The molecule has 8 nitrogen and oxygen atoms in total. The summed E-state index contributed by atoms with van der Waals surface area (Å²) < 4.78 is 44.3. The molecule has 0 saturated carbocycles. The number of allylic oxidation sites excluding steroid dienone is 2. The van der Waals surface area contributed by atoms with E-state index in [9.17, 15) is 18.0 Å². The number of carbonyl (C=O) groups is 1. The molecule has 0 N–H and O–H groups in total. The first-order chi connectivity index (χ1) is 16.2. The van der Waals surface area contributed by atoms with E-state index in [0.717, 1.165) is 12.3 Å². The molecule has 34 heavy (non-hydrogen) atoms. The van der Waals surface area contributed by atoms with E-state index < -0.39 is 17.8 Å². The van der Waals surface area contributed by atoms with Crippen LogP contribution in [-0.4, -0.2) is 61.7 Å². The minimum absolute atomic E-state index is 0.0582. The summed E-state index contributed by atoms with van der Waals surface area (Å²) in [5, 5.41) is 8.24. The zero-order chi connectivity index (χ0) is 24.9. The van der Waals surface area contributed by atoms with Crippen LogP contribution in [0.1, 0.15) is 32.8 Å². The molecule has 0 bridgehead atoms. The molecule has 1 saturated heterocycles. The van der Waals surface area contributed by atoms with Crippen molar-refractivity contribution in [2.45, 2.75) is 45.5 Å². The van der Waals surface area contributed by atoms with Crippen LogP contribution in [0.15, 0.2) is 54.4 Å². The molecule has 3 unspecified atom stereocenters. The summed E-state index contributed by atoms with van der Waals surface area (Å²) in [6.45, 7) is 10.2. The maximum atomic E-state index is 13.7. The van der Waals surface area contributed by atoms with Gasteiger partial charge in [0.25, 0.3) is 5.91 Å². The van der Waals surface area contributed by atoms with Crippen LogP contribution in [0.3, 0.4) is 0 Å². The zero-order valence-electron chi connectivity index (χ0n) is 19.2.